The van der Waals surface area contributed by atoms with Crippen molar-refractivity contribution in [1.82, 2.24) is 0 Å². The van der Waals surface area contributed by atoms with Gasteiger partial charge in [0.25, 0.3) is 0 Å². The first-order valence-electron chi connectivity index (χ1n) is 20.6. The van der Waals surface area contributed by atoms with E-state index in [0.29, 0.717) is 12.8 Å². The molecule has 302 valence electrons. The zero-order valence-electron chi connectivity index (χ0n) is 32.5. The highest BCUT2D eigenvalue weighted by molar-refractivity contribution is 7.47. The van der Waals surface area contributed by atoms with Crippen molar-refractivity contribution in [2.75, 3.05) is 19.8 Å². The van der Waals surface area contributed by atoms with Crippen molar-refractivity contribution in [3.63, 3.8) is 0 Å². The molecule has 0 aromatic heterocycles. The third kappa shape index (κ3) is 35.3. The van der Waals surface area contributed by atoms with Crippen LogP contribution in [-0.2, 0) is 37.5 Å². The lowest BCUT2D eigenvalue weighted by Gasteiger charge is -2.20. The first kappa shape index (κ1) is 49.5. The summed E-state index contributed by atoms with van der Waals surface area (Å²) in [5.74, 6) is -2.36. The van der Waals surface area contributed by atoms with Gasteiger partial charge in [0, 0.05) is 12.8 Å². The summed E-state index contributed by atoms with van der Waals surface area (Å²) < 4.78 is 32.6. The highest BCUT2D eigenvalue weighted by Crippen LogP contribution is 2.43. The topological polar surface area (TPSA) is 172 Å². The predicted octanol–water partition coefficient (Wildman–Crippen LogP) is 10.3. The van der Waals surface area contributed by atoms with Gasteiger partial charge in [-0.2, -0.15) is 0 Å². The van der Waals surface area contributed by atoms with Crippen molar-refractivity contribution in [1.29, 1.82) is 0 Å². The van der Waals surface area contributed by atoms with Gasteiger partial charge in [0.15, 0.2) is 6.10 Å². The number of nitrogens with two attached hydrogens (primary N) is 1. The predicted molar refractivity (Wildman–Crippen MR) is 203 cm³/mol. The number of rotatable bonds is 39. The van der Waals surface area contributed by atoms with Crippen molar-refractivity contribution in [3.8, 4) is 0 Å². The van der Waals surface area contributed by atoms with E-state index in [0.717, 1.165) is 38.5 Å². The van der Waals surface area contributed by atoms with Crippen LogP contribution in [0, 0.1) is 0 Å². The molecule has 0 fully saturated rings. The Morgan fingerprint density at radius 1 is 0.529 bits per heavy atom. The first-order chi connectivity index (χ1) is 24.6. The van der Waals surface area contributed by atoms with Crippen LogP contribution in [0.15, 0.2) is 0 Å². The number of carbonyl (C=O) groups is 3. The molecule has 0 saturated carbocycles. The monoisotopic (exact) mass is 750 g/mol. The number of carboxylic acid groups (broad SMARTS) is 1. The van der Waals surface area contributed by atoms with Crippen molar-refractivity contribution >= 4 is 25.7 Å². The molecule has 11 nitrogen and oxygen atoms in total. The minimum atomic E-state index is -4.70. The molecule has 0 heterocycles. The fourth-order valence-corrected chi connectivity index (χ4v) is 6.61. The van der Waals surface area contributed by atoms with Gasteiger partial charge in [0.05, 0.1) is 13.2 Å². The van der Waals surface area contributed by atoms with Gasteiger partial charge in [-0.3, -0.25) is 23.4 Å². The Kier molecular flexibility index (Phi) is 34.4. The molecule has 0 aliphatic rings. The second-order valence-corrected chi connectivity index (χ2v) is 15.6. The van der Waals surface area contributed by atoms with Gasteiger partial charge in [0.2, 0.25) is 0 Å². The van der Waals surface area contributed by atoms with Crippen molar-refractivity contribution in [2.45, 2.75) is 212 Å². The maximum Gasteiger partial charge on any atom is 0.472 e. The third-order valence-corrected chi connectivity index (χ3v) is 10.1. The maximum atomic E-state index is 12.6. The van der Waals surface area contributed by atoms with Crippen LogP contribution in [-0.4, -0.2) is 59.9 Å². The maximum absolute atomic E-state index is 12.6. The molecule has 3 atom stereocenters. The molecule has 0 spiro atoms. The first-order valence-corrected chi connectivity index (χ1v) is 22.1. The van der Waals surface area contributed by atoms with Crippen molar-refractivity contribution < 1.29 is 47.5 Å². The van der Waals surface area contributed by atoms with Crippen LogP contribution >= 0.6 is 7.82 Å². The fourth-order valence-electron chi connectivity index (χ4n) is 5.83. The van der Waals surface area contributed by atoms with Gasteiger partial charge < -0.3 is 25.2 Å². The molecule has 0 radical (unpaired) electrons. The zero-order chi connectivity index (χ0) is 37.8. The van der Waals surface area contributed by atoms with Gasteiger partial charge >= 0.3 is 25.7 Å². The second kappa shape index (κ2) is 35.5. The summed E-state index contributed by atoms with van der Waals surface area (Å²) in [6.45, 7) is 2.81. The Hall–Kier alpha value is -1.52. The smallest absolute Gasteiger partial charge is 0.472 e. The molecule has 0 aliphatic heterocycles. The van der Waals surface area contributed by atoms with Gasteiger partial charge in [-0.15, -0.1) is 0 Å². The summed E-state index contributed by atoms with van der Waals surface area (Å²) in [6, 6.07) is -1.51. The van der Waals surface area contributed by atoms with Crippen molar-refractivity contribution in [3.05, 3.63) is 0 Å². The minimum absolute atomic E-state index is 0.169. The Morgan fingerprint density at radius 2 is 0.863 bits per heavy atom. The van der Waals surface area contributed by atoms with Gasteiger partial charge in [0.1, 0.15) is 12.6 Å². The van der Waals surface area contributed by atoms with Crippen LogP contribution < -0.4 is 5.73 Å². The quantitative estimate of drug-likeness (QED) is 0.0310. The number of hydrogen-bond acceptors (Lipinski definition) is 9. The third-order valence-electron chi connectivity index (χ3n) is 9.11. The van der Waals surface area contributed by atoms with Crippen LogP contribution in [0.2, 0.25) is 0 Å². The van der Waals surface area contributed by atoms with E-state index in [9.17, 15) is 23.8 Å². The lowest BCUT2D eigenvalue weighted by Crippen LogP contribution is -2.34. The average Bonchev–Trinajstić information content (AvgIpc) is 3.10. The summed E-state index contributed by atoms with van der Waals surface area (Å²) in [5, 5.41) is 8.86. The number of unbranched alkanes of at least 4 members (excludes halogenated alkanes) is 25. The minimum Gasteiger partial charge on any atom is -0.480 e. The average molecular weight is 750 g/mol. The van der Waals surface area contributed by atoms with Crippen LogP contribution in [0.4, 0.5) is 0 Å². The van der Waals surface area contributed by atoms with E-state index in [1.165, 1.54) is 122 Å². The largest absolute Gasteiger partial charge is 0.480 e. The number of aliphatic carboxylic acids is 1. The highest BCUT2D eigenvalue weighted by Gasteiger charge is 2.28. The summed E-state index contributed by atoms with van der Waals surface area (Å²) in [4.78, 5) is 45.8. The normalized spacial score (nSPS) is 13.8. The van der Waals surface area contributed by atoms with E-state index in [4.69, 9.17) is 24.8 Å². The van der Waals surface area contributed by atoms with Gasteiger partial charge in [-0.25, -0.2) is 4.57 Å². The molecule has 0 bridgehead atoms. The molecular weight excluding hydrogens is 673 g/mol. The number of esters is 2. The summed E-state index contributed by atoms with van der Waals surface area (Å²) in [7, 11) is -4.70. The van der Waals surface area contributed by atoms with E-state index in [2.05, 4.69) is 18.4 Å². The summed E-state index contributed by atoms with van der Waals surface area (Å²) in [5.41, 5.74) is 5.32. The van der Waals surface area contributed by atoms with Crippen LogP contribution in [0.3, 0.4) is 0 Å². The number of carboxylic acids is 1. The lowest BCUT2D eigenvalue weighted by atomic mass is 10.0. The molecule has 0 rings (SSSR count). The number of carbonyl (C=O) groups excluding carboxylic acids is 2. The number of ether oxygens (including phenoxy) is 2. The number of phosphoric acid groups is 1. The standard InChI is InChI=1S/C39H76NO10P/c1-3-5-7-9-11-13-15-16-17-18-19-21-23-25-27-29-31-38(42)50-35(33-48-51(45,46)49-34-36(40)39(43)44)32-47-37(41)30-28-26-24-22-20-14-12-10-8-6-4-2/h35-36H,3-34,40H2,1-2H3,(H,43,44)(H,45,46)/t35-,36+/m1/s1. The zero-order valence-corrected chi connectivity index (χ0v) is 33.4. The van der Waals surface area contributed by atoms with Crippen LogP contribution in [0.25, 0.3) is 0 Å². The van der Waals surface area contributed by atoms with E-state index >= 15 is 0 Å². The molecule has 51 heavy (non-hydrogen) atoms. The molecule has 4 N–H and O–H groups in total. The molecule has 0 aromatic rings. The van der Waals surface area contributed by atoms with E-state index in [-0.39, 0.29) is 19.4 Å². The number of hydrogen-bond donors (Lipinski definition) is 3. The van der Waals surface area contributed by atoms with E-state index < -0.39 is 51.1 Å². The summed E-state index contributed by atoms with van der Waals surface area (Å²) in [6.07, 6.45) is 31.7. The van der Waals surface area contributed by atoms with Crippen LogP contribution in [0.1, 0.15) is 200 Å². The number of phosphoric ester groups is 1. The SMILES string of the molecule is CCCCCCCCCCCCCCCCCCC(=O)O[C@H](COC(=O)CCCCCCCCCCCCC)COP(=O)(O)OC[C@H](N)C(=O)O. The molecule has 0 aliphatic carbocycles. The molecular formula is C39H76NO10P. The van der Waals surface area contributed by atoms with Crippen molar-refractivity contribution in [2.24, 2.45) is 5.73 Å². The van der Waals surface area contributed by atoms with E-state index in [1.54, 1.807) is 0 Å². The molecule has 12 heteroatoms. The Bertz CT molecular complexity index is 890. The summed E-state index contributed by atoms with van der Waals surface area (Å²) >= 11 is 0. The second-order valence-electron chi connectivity index (χ2n) is 14.1. The Balaban J connectivity index is 4.34. The van der Waals surface area contributed by atoms with Gasteiger partial charge in [-0.1, -0.05) is 174 Å². The lowest BCUT2D eigenvalue weighted by molar-refractivity contribution is -0.161. The van der Waals surface area contributed by atoms with Gasteiger partial charge in [-0.05, 0) is 12.8 Å². The molecule has 0 amide bonds. The van der Waals surface area contributed by atoms with Crippen LogP contribution in [0.5, 0.6) is 0 Å². The molecule has 0 aromatic carbocycles. The molecule has 0 saturated heterocycles. The van der Waals surface area contributed by atoms with E-state index in [1.807, 2.05) is 0 Å². The highest BCUT2D eigenvalue weighted by atomic mass is 31.2. The fraction of sp³-hybridized carbons (Fsp3) is 0.923. The Labute approximate surface area is 310 Å². The molecule has 1 unspecified atom stereocenters. The Morgan fingerprint density at radius 3 is 1.24 bits per heavy atom.